The summed E-state index contributed by atoms with van der Waals surface area (Å²) in [6, 6.07) is 0. The molecule has 0 saturated carbocycles. The van der Waals surface area contributed by atoms with Crippen LogP contribution in [0.2, 0.25) is 0 Å². The topological polar surface area (TPSA) is 91.7 Å². The fourth-order valence-corrected chi connectivity index (χ4v) is 0.910. The van der Waals surface area contributed by atoms with E-state index in [0.29, 0.717) is 0 Å². The number of hydrogen-bond acceptors (Lipinski definition) is 3. The molecule has 0 heterocycles. The monoisotopic (exact) mass is 179 g/mol. The van der Waals surface area contributed by atoms with Gasteiger partial charge >= 0.3 is 14.0 Å². The summed E-state index contributed by atoms with van der Waals surface area (Å²) in [4.78, 5) is 28.5. The van der Waals surface area contributed by atoms with Gasteiger partial charge in [-0.25, -0.2) is 4.79 Å². The average Bonchev–Trinajstić information content (AvgIpc) is 1.86. The second-order valence-corrected chi connectivity index (χ2v) is 3.06. The molecule has 0 amide bonds. The van der Waals surface area contributed by atoms with Gasteiger partial charge in [0.25, 0.3) is 0 Å². The second kappa shape index (κ2) is 4.93. The van der Waals surface area contributed by atoms with Gasteiger partial charge < -0.3 is 5.11 Å². The molecule has 0 aromatic carbocycles. The van der Waals surface area contributed by atoms with Crippen molar-refractivity contribution >= 4 is 19.8 Å². The lowest BCUT2D eigenvalue weighted by molar-refractivity contribution is -0.149. The maximum Gasteiger partial charge on any atom is 0.505 e. The van der Waals surface area contributed by atoms with Crippen LogP contribution in [-0.2, 0) is 14.2 Å². The zero-order valence-electron chi connectivity index (χ0n) is 5.69. The van der Waals surface area contributed by atoms with E-state index in [4.69, 9.17) is 10.00 Å². The molecule has 0 aromatic rings. The van der Waals surface area contributed by atoms with E-state index in [1.807, 2.05) is 0 Å². The number of carboxylic acids is 1. The molecule has 11 heavy (non-hydrogen) atoms. The summed E-state index contributed by atoms with van der Waals surface area (Å²) in [5.41, 5.74) is 0. The number of carbonyl (C=O) groups is 2. The largest absolute Gasteiger partial charge is 0.505 e. The van der Waals surface area contributed by atoms with Gasteiger partial charge in [-0.05, 0) is 4.57 Å². The van der Waals surface area contributed by atoms with Crippen molar-refractivity contribution in [2.24, 2.45) is 0 Å². The SMILES string of the molecule is O=C(O)C(=O)CCC[P+](=O)O. The van der Waals surface area contributed by atoms with E-state index in [2.05, 4.69) is 0 Å². The van der Waals surface area contributed by atoms with E-state index in [0.717, 1.165) is 0 Å². The highest BCUT2D eigenvalue weighted by molar-refractivity contribution is 7.37. The molecule has 0 saturated heterocycles. The summed E-state index contributed by atoms with van der Waals surface area (Å²) in [5, 5.41) is 8.06. The van der Waals surface area contributed by atoms with Crippen molar-refractivity contribution in [2.75, 3.05) is 6.16 Å². The minimum atomic E-state index is -2.25. The van der Waals surface area contributed by atoms with Gasteiger partial charge in [-0.1, -0.05) is 0 Å². The van der Waals surface area contributed by atoms with E-state index < -0.39 is 19.8 Å². The molecule has 2 N–H and O–H groups in total. The van der Waals surface area contributed by atoms with E-state index in [9.17, 15) is 14.2 Å². The molecule has 0 radical (unpaired) electrons. The number of rotatable bonds is 5. The predicted octanol–water partition coefficient (Wildman–Crippen LogP) is 0.155. The lowest BCUT2D eigenvalue weighted by Crippen LogP contribution is -2.11. The van der Waals surface area contributed by atoms with Crippen LogP contribution in [0.5, 0.6) is 0 Å². The number of carboxylic acid groups (broad SMARTS) is 1. The van der Waals surface area contributed by atoms with Crippen molar-refractivity contribution in [2.45, 2.75) is 12.8 Å². The van der Waals surface area contributed by atoms with Crippen molar-refractivity contribution in [3.8, 4) is 0 Å². The molecule has 0 bridgehead atoms. The Kier molecular flexibility index (Phi) is 4.57. The van der Waals surface area contributed by atoms with E-state index in [1.165, 1.54) is 0 Å². The maximum atomic E-state index is 10.3. The van der Waals surface area contributed by atoms with E-state index >= 15 is 0 Å². The Morgan fingerprint density at radius 1 is 1.36 bits per heavy atom. The highest BCUT2D eigenvalue weighted by Gasteiger charge is 2.15. The molecular formula is C5H8O5P+. The summed E-state index contributed by atoms with van der Waals surface area (Å²) in [6.45, 7) is 0. The third-order valence-electron chi connectivity index (χ3n) is 0.992. The van der Waals surface area contributed by atoms with Crippen LogP contribution in [0.1, 0.15) is 12.8 Å². The zero-order chi connectivity index (χ0) is 8.85. The highest BCUT2D eigenvalue weighted by Crippen LogP contribution is 2.14. The summed E-state index contributed by atoms with van der Waals surface area (Å²) in [6.07, 6.45) is -0.0395. The first-order valence-electron chi connectivity index (χ1n) is 2.93. The standard InChI is InChI=1S/C5H7O5P/c6-4(5(7)8)2-1-3-11(9)10/h1-3H2,(H-,7,8,9,10)/p+1. The zero-order valence-corrected chi connectivity index (χ0v) is 6.58. The van der Waals surface area contributed by atoms with Gasteiger partial charge in [0, 0.05) is 12.8 Å². The molecule has 0 spiro atoms. The number of hydrogen-bond donors (Lipinski definition) is 2. The number of aliphatic carboxylic acids is 1. The summed E-state index contributed by atoms with van der Waals surface area (Å²) in [7, 11) is -2.25. The Balaban J connectivity index is 3.47. The van der Waals surface area contributed by atoms with Gasteiger partial charge in [-0.15, -0.1) is 0 Å². The second-order valence-electron chi connectivity index (χ2n) is 1.91. The third kappa shape index (κ3) is 5.63. The van der Waals surface area contributed by atoms with Crippen molar-refractivity contribution in [3.63, 3.8) is 0 Å². The van der Waals surface area contributed by atoms with Crippen molar-refractivity contribution in [1.82, 2.24) is 0 Å². The first-order chi connectivity index (χ1) is 5.04. The van der Waals surface area contributed by atoms with Gasteiger partial charge in [0.1, 0.15) is 0 Å². The minimum Gasteiger partial charge on any atom is -0.476 e. The number of Topliss-reactive ketones (excluding diaryl/α,β-unsaturated/α-hetero) is 1. The molecule has 62 valence electrons. The van der Waals surface area contributed by atoms with Crippen LogP contribution in [0, 0.1) is 0 Å². The van der Waals surface area contributed by atoms with Gasteiger partial charge in [0.05, 0.1) is 0 Å². The molecule has 1 atom stereocenters. The normalized spacial score (nSPS) is 10.8. The van der Waals surface area contributed by atoms with Crippen LogP contribution in [0.25, 0.3) is 0 Å². The lowest BCUT2D eigenvalue weighted by Gasteiger charge is -1.87. The van der Waals surface area contributed by atoms with Crippen molar-refractivity contribution in [3.05, 3.63) is 0 Å². The average molecular weight is 179 g/mol. The fraction of sp³-hybridized carbons (Fsp3) is 0.600. The van der Waals surface area contributed by atoms with Crippen molar-refractivity contribution < 1.29 is 24.2 Å². The van der Waals surface area contributed by atoms with Gasteiger partial charge in [0.15, 0.2) is 6.16 Å². The van der Waals surface area contributed by atoms with Gasteiger partial charge in [-0.2, -0.15) is 4.89 Å². The summed E-state index contributed by atoms with van der Waals surface area (Å²) < 4.78 is 10.0. The van der Waals surface area contributed by atoms with Crippen LogP contribution >= 0.6 is 8.03 Å². The van der Waals surface area contributed by atoms with Crippen LogP contribution < -0.4 is 0 Å². The number of carbonyl (C=O) groups excluding carboxylic acids is 1. The van der Waals surface area contributed by atoms with Crippen molar-refractivity contribution in [1.29, 1.82) is 0 Å². The Hall–Kier alpha value is -0.800. The fourth-order valence-electron chi connectivity index (χ4n) is 0.482. The molecule has 1 unspecified atom stereocenters. The minimum absolute atomic E-state index is 0.0195. The lowest BCUT2D eigenvalue weighted by atomic mass is 10.2. The Bertz CT molecular complexity index is 187. The summed E-state index contributed by atoms with van der Waals surface area (Å²) in [5.74, 6) is -2.40. The molecule has 6 heteroatoms. The molecule has 0 fully saturated rings. The first kappa shape index (κ1) is 10.2. The van der Waals surface area contributed by atoms with Crippen LogP contribution in [0.3, 0.4) is 0 Å². The maximum absolute atomic E-state index is 10.3. The quantitative estimate of drug-likeness (QED) is 0.463. The molecule has 0 aromatic heterocycles. The van der Waals surface area contributed by atoms with Crippen LogP contribution in [0.15, 0.2) is 0 Å². The third-order valence-corrected chi connectivity index (χ3v) is 1.69. The van der Waals surface area contributed by atoms with Gasteiger partial charge in [0.2, 0.25) is 5.78 Å². The molecular weight excluding hydrogens is 171 g/mol. The predicted molar refractivity (Wildman–Crippen MR) is 36.6 cm³/mol. The van der Waals surface area contributed by atoms with Crippen LogP contribution in [-0.4, -0.2) is 27.9 Å². The molecule has 0 aliphatic heterocycles. The Morgan fingerprint density at radius 3 is 2.27 bits per heavy atom. The smallest absolute Gasteiger partial charge is 0.476 e. The van der Waals surface area contributed by atoms with E-state index in [1.54, 1.807) is 0 Å². The molecule has 5 nitrogen and oxygen atoms in total. The van der Waals surface area contributed by atoms with E-state index in [-0.39, 0.29) is 19.0 Å². The molecule has 0 aliphatic carbocycles. The Morgan fingerprint density at radius 2 is 1.91 bits per heavy atom. The molecule has 0 aliphatic rings. The number of ketones is 1. The van der Waals surface area contributed by atoms with Gasteiger partial charge in [-0.3, -0.25) is 4.79 Å². The van der Waals surface area contributed by atoms with Crippen LogP contribution in [0.4, 0.5) is 0 Å². The first-order valence-corrected chi connectivity index (χ1v) is 4.33. The highest BCUT2D eigenvalue weighted by atomic mass is 31.1. The Labute approximate surface area is 63.9 Å². The summed E-state index contributed by atoms with van der Waals surface area (Å²) >= 11 is 0. The molecule has 0 rings (SSSR count).